The topological polar surface area (TPSA) is 95.9 Å². The third kappa shape index (κ3) is 4.51. The lowest BCUT2D eigenvalue weighted by molar-refractivity contribution is -0.136. The first kappa shape index (κ1) is 25.4. The van der Waals surface area contributed by atoms with Gasteiger partial charge in [-0.05, 0) is 96.8 Å². The number of nitrogens with zero attached hydrogens (tertiary/aromatic N) is 1. The van der Waals surface area contributed by atoms with E-state index in [1.165, 1.54) is 13.0 Å². The molecule has 38 heavy (non-hydrogen) atoms. The van der Waals surface area contributed by atoms with Crippen molar-refractivity contribution in [3.63, 3.8) is 0 Å². The number of aliphatic carboxylic acids is 1. The van der Waals surface area contributed by atoms with E-state index in [2.05, 4.69) is 5.32 Å². The fourth-order valence-corrected chi connectivity index (χ4v) is 5.65. The molecule has 0 radical (unpaired) electrons. The van der Waals surface area contributed by atoms with E-state index in [1.54, 1.807) is 29.2 Å². The molecule has 2 aliphatic rings. The molecule has 0 saturated heterocycles. The Morgan fingerprint density at radius 3 is 2.63 bits per heavy atom. The van der Waals surface area contributed by atoms with E-state index >= 15 is 4.39 Å². The van der Waals surface area contributed by atoms with Crippen LogP contribution in [0.3, 0.4) is 0 Å². The van der Waals surface area contributed by atoms with E-state index in [0.717, 1.165) is 28.7 Å². The van der Waals surface area contributed by atoms with Gasteiger partial charge in [-0.25, -0.2) is 4.39 Å². The Morgan fingerprint density at radius 2 is 1.89 bits per heavy atom. The zero-order chi connectivity index (χ0) is 27.1. The number of fused-ring (bicyclic) bond motifs is 2. The number of aryl methyl sites for hydroxylation is 1. The third-order valence-electron chi connectivity index (χ3n) is 7.33. The molecule has 0 unspecified atom stereocenters. The first-order valence-electron chi connectivity index (χ1n) is 12.7. The lowest BCUT2D eigenvalue weighted by Crippen LogP contribution is -2.29. The van der Waals surface area contributed by atoms with Gasteiger partial charge in [0.15, 0.2) is 11.6 Å². The summed E-state index contributed by atoms with van der Waals surface area (Å²) in [4.78, 5) is 38.7. The van der Waals surface area contributed by atoms with Crippen LogP contribution in [0.2, 0.25) is 0 Å². The molecule has 0 saturated carbocycles. The maximum absolute atomic E-state index is 15.3. The molecule has 8 heteroatoms. The Bertz CT molecular complexity index is 1500. The van der Waals surface area contributed by atoms with Crippen LogP contribution >= 0.6 is 0 Å². The Morgan fingerprint density at radius 1 is 1.11 bits per heavy atom. The first-order chi connectivity index (χ1) is 18.2. The third-order valence-corrected chi connectivity index (χ3v) is 7.33. The highest BCUT2D eigenvalue weighted by Crippen LogP contribution is 2.45. The molecule has 0 fully saturated rings. The normalized spacial score (nSPS) is 13.9. The number of halogens is 1. The molecule has 0 aromatic heterocycles. The van der Waals surface area contributed by atoms with Crippen molar-refractivity contribution in [3.8, 4) is 16.9 Å². The van der Waals surface area contributed by atoms with E-state index in [1.807, 2.05) is 19.9 Å². The van der Waals surface area contributed by atoms with E-state index in [9.17, 15) is 19.5 Å². The van der Waals surface area contributed by atoms with Gasteiger partial charge in [-0.15, -0.1) is 0 Å². The minimum absolute atomic E-state index is 0.213. The molecule has 0 bridgehead atoms. The highest BCUT2D eigenvalue weighted by atomic mass is 19.1. The monoisotopic (exact) mass is 516 g/mol. The van der Waals surface area contributed by atoms with Crippen molar-refractivity contribution in [2.75, 3.05) is 23.4 Å². The molecule has 3 aromatic carbocycles. The maximum Gasteiger partial charge on any atom is 0.307 e. The summed E-state index contributed by atoms with van der Waals surface area (Å²) in [6.45, 7) is 6.02. The number of hydrogen-bond acceptors (Lipinski definition) is 4. The second kappa shape index (κ2) is 9.93. The molecule has 0 spiro atoms. The minimum atomic E-state index is -0.977. The van der Waals surface area contributed by atoms with Crippen LogP contribution in [-0.4, -0.2) is 36.0 Å². The summed E-state index contributed by atoms with van der Waals surface area (Å²) in [5.41, 5.74) is 6.83. The van der Waals surface area contributed by atoms with Crippen LogP contribution in [0.4, 0.5) is 15.8 Å². The zero-order valence-corrected chi connectivity index (χ0v) is 21.6. The van der Waals surface area contributed by atoms with Gasteiger partial charge < -0.3 is 20.1 Å². The summed E-state index contributed by atoms with van der Waals surface area (Å²) < 4.78 is 20.9. The van der Waals surface area contributed by atoms with Crippen LogP contribution in [-0.2, 0) is 28.9 Å². The number of hydrogen-bond donors (Lipinski definition) is 2. The second-order valence-corrected chi connectivity index (χ2v) is 9.87. The predicted molar refractivity (Wildman–Crippen MR) is 143 cm³/mol. The van der Waals surface area contributed by atoms with Crippen molar-refractivity contribution in [2.24, 2.45) is 0 Å². The number of ether oxygens (including phenoxy) is 1. The second-order valence-electron chi connectivity index (χ2n) is 9.87. The molecule has 0 aliphatic carbocycles. The molecule has 2 aliphatic heterocycles. The molecular formula is C30H29FN2O5. The quantitative estimate of drug-likeness (QED) is 0.485. The highest BCUT2D eigenvalue weighted by molar-refractivity contribution is 6.09. The number of benzene rings is 3. The Labute approximate surface area is 220 Å². The van der Waals surface area contributed by atoms with Gasteiger partial charge in [0.05, 0.1) is 13.0 Å². The number of carbonyl (C=O) groups excluding carboxylic acids is 2. The molecule has 7 nitrogen and oxygen atoms in total. The summed E-state index contributed by atoms with van der Waals surface area (Å²) in [5.74, 6) is -1.62. The van der Waals surface area contributed by atoms with Gasteiger partial charge in [0, 0.05) is 36.0 Å². The highest BCUT2D eigenvalue weighted by Gasteiger charge is 2.32. The molecule has 5 rings (SSSR count). The average molecular weight is 517 g/mol. The van der Waals surface area contributed by atoms with Gasteiger partial charge >= 0.3 is 5.97 Å². The Balaban J connectivity index is 1.66. The summed E-state index contributed by atoms with van der Waals surface area (Å²) >= 11 is 0. The first-order valence-corrected chi connectivity index (χ1v) is 12.7. The fraction of sp³-hybridized carbons (Fsp3) is 0.300. The summed E-state index contributed by atoms with van der Waals surface area (Å²) in [5, 5.41) is 12.4. The molecule has 2 heterocycles. The largest absolute Gasteiger partial charge is 0.490 e. The summed E-state index contributed by atoms with van der Waals surface area (Å²) in [7, 11) is 0. The fourth-order valence-electron chi connectivity index (χ4n) is 5.65. The SMILES string of the molecule is CC(=O)Nc1cccc(C(=O)N2CCc3c2cc(C)c(CC(=O)O)c3-c2cc(F)c3c(c2C)CCCO3)c1. The van der Waals surface area contributed by atoms with E-state index in [4.69, 9.17) is 4.74 Å². The molecule has 2 amide bonds. The van der Waals surface area contributed by atoms with Crippen LogP contribution in [0.5, 0.6) is 5.75 Å². The number of nitrogens with one attached hydrogen (secondary N) is 1. The predicted octanol–water partition coefficient (Wildman–Crippen LogP) is 5.22. The molecule has 3 aromatic rings. The van der Waals surface area contributed by atoms with Gasteiger partial charge in [0.25, 0.3) is 5.91 Å². The van der Waals surface area contributed by atoms with Crippen molar-refractivity contribution in [1.29, 1.82) is 0 Å². The van der Waals surface area contributed by atoms with E-state index < -0.39 is 11.8 Å². The molecular weight excluding hydrogens is 487 g/mol. The maximum atomic E-state index is 15.3. The van der Waals surface area contributed by atoms with Gasteiger partial charge in [-0.2, -0.15) is 0 Å². The standard InChI is InChI=1S/C30H29FN2O5/c1-16-12-26-22(9-10-33(26)30(37)19-6-4-7-20(13-19)32-18(3)34)28(23(16)15-27(35)36)24-14-25(31)29-21(17(24)2)8-5-11-38-29/h4,6-7,12-14H,5,8-11,15H2,1-3H3,(H,32,34)(H,35,36). The van der Waals surface area contributed by atoms with Crippen LogP contribution in [0, 0.1) is 19.7 Å². The number of carboxylic acid groups (broad SMARTS) is 1. The molecule has 196 valence electrons. The van der Waals surface area contributed by atoms with Crippen molar-refractivity contribution >= 4 is 29.2 Å². The van der Waals surface area contributed by atoms with Crippen molar-refractivity contribution in [2.45, 2.75) is 46.5 Å². The number of amides is 2. The van der Waals surface area contributed by atoms with E-state index in [-0.39, 0.29) is 24.0 Å². The number of carbonyl (C=O) groups is 3. The van der Waals surface area contributed by atoms with E-state index in [0.29, 0.717) is 59.6 Å². The van der Waals surface area contributed by atoms with Crippen LogP contribution in [0.1, 0.15) is 51.5 Å². The Kier molecular flexibility index (Phi) is 6.65. The van der Waals surface area contributed by atoms with Gasteiger partial charge in [-0.1, -0.05) is 6.07 Å². The minimum Gasteiger partial charge on any atom is -0.490 e. The smallest absolute Gasteiger partial charge is 0.307 e. The lowest BCUT2D eigenvalue weighted by atomic mass is 9.84. The zero-order valence-electron chi connectivity index (χ0n) is 21.6. The van der Waals surface area contributed by atoms with Crippen molar-refractivity contribution in [3.05, 3.63) is 75.6 Å². The van der Waals surface area contributed by atoms with Crippen LogP contribution in [0.25, 0.3) is 11.1 Å². The van der Waals surface area contributed by atoms with Crippen LogP contribution in [0.15, 0.2) is 36.4 Å². The van der Waals surface area contributed by atoms with Gasteiger partial charge in [0.1, 0.15) is 0 Å². The summed E-state index contributed by atoms with van der Waals surface area (Å²) in [6.07, 6.45) is 1.76. The lowest BCUT2D eigenvalue weighted by Gasteiger charge is -2.25. The van der Waals surface area contributed by atoms with Crippen molar-refractivity contribution in [1.82, 2.24) is 0 Å². The van der Waals surface area contributed by atoms with Gasteiger partial charge in [-0.3, -0.25) is 14.4 Å². The Hall–Kier alpha value is -4.20. The van der Waals surface area contributed by atoms with Crippen LogP contribution < -0.4 is 15.0 Å². The van der Waals surface area contributed by atoms with Crippen molar-refractivity contribution < 1.29 is 28.6 Å². The molecule has 0 atom stereocenters. The number of anilines is 2. The number of carboxylic acids is 1. The summed E-state index contributed by atoms with van der Waals surface area (Å²) in [6, 6.07) is 10.1. The molecule has 2 N–H and O–H groups in total. The average Bonchev–Trinajstić information content (AvgIpc) is 3.29. The number of rotatable bonds is 5. The van der Waals surface area contributed by atoms with Gasteiger partial charge in [0.2, 0.25) is 5.91 Å².